The van der Waals surface area contributed by atoms with Crippen LogP contribution in [0.15, 0.2) is 34.1 Å². The second-order valence-electron chi connectivity index (χ2n) is 5.40. The second kappa shape index (κ2) is 6.79. The summed E-state index contributed by atoms with van der Waals surface area (Å²) < 4.78 is 1.07. The van der Waals surface area contributed by atoms with Crippen LogP contribution in [-0.2, 0) is 4.79 Å². The summed E-state index contributed by atoms with van der Waals surface area (Å²) in [6.07, 6.45) is 1.79. The number of thiazole rings is 1. The number of nitrogens with zero attached hydrogens (tertiary/aromatic N) is 2. The molecule has 0 unspecified atom stereocenters. The van der Waals surface area contributed by atoms with Gasteiger partial charge in [0.15, 0.2) is 5.13 Å². The number of hydrogen-bond acceptors (Lipinski definition) is 4. The van der Waals surface area contributed by atoms with Crippen LogP contribution >= 0.6 is 27.3 Å². The predicted molar refractivity (Wildman–Crippen MR) is 94.3 cm³/mol. The fourth-order valence-corrected chi connectivity index (χ4v) is 3.85. The molecule has 1 N–H and O–H groups in total. The molecular weight excluding hydrogens is 362 g/mol. The molecule has 1 aromatic carbocycles. The maximum absolute atomic E-state index is 11.7. The molecule has 0 atom stereocenters. The summed E-state index contributed by atoms with van der Waals surface area (Å²) in [4.78, 5) is 18.7. The third-order valence-electron chi connectivity index (χ3n) is 4.01. The van der Waals surface area contributed by atoms with Gasteiger partial charge in [0, 0.05) is 41.5 Å². The number of aromatic nitrogens is 1. The van der Waals surface area contributed by atoms with Crippen molar-refractivity contribution in [3.8, 4) is 11.3 Å². The Morgan fingerprint density at radius 3 is 2.64 bits per heavy atom. The second-order valence-corrected chi connectivity index (χ2v) is 7.15. The van der Waals surface area contributed by atoms with E-state index >= 15 is 0 Å². The zero-order valence-electron chi connectivity index (χ0n) is 12.4. The van der Waals surface area contributed by atoms with Crippen molar-refractivity contribution in [3.05, 3.63) is 34.1 Å². The molecule has 1 amide bonds. The van der Waals surface area contributed by atoms with Gasteiger partial charge in [0.05, 0.1) is 5.69 Å². The van der Waals surface area contributed by atoms with Gasteiger partial charge in [-0.2, -0.15) is 0 Å². The van der Waals surface area contributed by atoms with E-state index in [0.29, 0.717) is 0 Å². The molecule has 0 spiro atoms. The van der Waals surface area contributed by atoms with Crippen molar-refractivity contribution in [2.45, 2.75) is 12.8 Å². The predicted octanol–water partition coefficient (Wildman–Crippen LogP) is 3.54. The summed E-state index contributed by atoms with van der Waals surface area (Å²) in [6.45, 7) is 1.79. The summed E-state index contributed by atoms with van der Waals surface area (Å²) in [6, 6.07) is 8.20. The molecule has 6 heteroatoms. The fourth-order valence-electron chi connectivity index (χ4n) is 2.70. The maximum Gasteiger partial charge on any atom is 0.222 e. The summed E-state index contributed by atoms with van der Waals surface area (Å²) in [5.41, 5.74) is 2.15. The number of benzene rings is 1. The molecule has 0 saturated carbocycles. The van der Waals surface area contributed by atoms with Gasteiger partial charge in [-0.05, 0) is 25.0 Å². The number of halogens is 1. The number of amides is 1. The standard InChI is InChI=1S/C16H18BrN3OS/c1-18-15(21)12-6-8-20(9-7-12)16-19-14(10-22-16)11-2-4-13(17)5-3-11/h2-5,10,12H,6-9H2,1H3,(H,18,21). The van der Waals surface area contributed by atoms with Crippen LogP contribution in [0, 0.1) is 5.92 Å². The van der Waals surface area contributed by atoms with Crippen molar-refractivity contribution in [1.29, 1.82) is 0 Å². The monoisotopic (exact) mass is 379 g/mol. The summed E-state index contributed by atoms with van der Waals surface area (Å²) >= 11 is 5.12. The lowest BCUT2D eigenvalue weighted by Gasteiger charge is -2.30. The largest absolute Gasteiger partial charge is 0.359 e. The van der Waals surface area contributed by atoms with E-state index in [1.807, 2.05) is 12.1 Å². The van der Waals surface area contributed by atoms with Crippen LogP contribution in [0.3, 0.4) is 0 Å². The molecule has 22 heavy (non-hydrogen) atoms. The van der Waals surface area contributed by atoms with Crippen LogP contribution in [0.4, 0.5) is 5.13 Å². The lowest BCUT2D eigenvalue weighted by atomic mass is 9.96. The lowest BCUT2D eigenvalue weighted by Crippen LogP contribution is -2.39. The summed E-state index contributed by atoms with van der Waals surface area (Å²) in [5, 5.41) is 5.90. The van der Waals surface area contributed by atoms with Crippen molar-refractivity contribution in [1.82, 2.24) is 10.3 Å². The molecule has 116 valence electrons. The highest BCUT2D eigenvalue weighted by Crippen LogP contribution is 2.30. The van der Waals surface area contributed by atoms with E-state index in [1.165, 1.54) is 0 Å². The Hall–Kier alpha value is -1.40. The van der Waals surface area contributed by atoms with E-state index in [2.05, 4.69) is 43.7 Å². The normalized spacial score (nSPS) is 15.8. The van der Waals surface area contributed by atoms with Crippen molar-refractivity contribution in [2.24, 2.45) is 5.92 Å². The number of piperidine rings is 1. The first-order chi connectivity index (χ1) is 10.7. The number of carbonyl (C=O) groups excluding carboxylic acids is 1. The van der Waals surface area contributed by atoms with Gasteiger partial charge >= 0.3 is 0 Å². The van der Waals surface area contributed by atoms with Crippen LogP contribution < -0.4 is 10.2 Å². The molecule has 1 aliphatic heterocycles. The van der Waals surface area contributed by atoms with E-state index in [0.717, 1.165) is 46.8 Å². The Kier molecular flexibility index (Phi) is 4.78. The smallest absolute Gasteiger partial charge is 0.222 e. The zero-order valence-corrected chi connectivity index (χ0v) is 14.8. The third kappa shape index (κ3) is 3.33. The first kappa shape index (κ1) is 15.5. The lowest BCUT2D eigenvalue weighted by molar-refractivity contribution is -0.125. The summed E-state index contributed by atoms with van der Waals surface area (Å²) in [5.74, 6) is 0.307. The van der Waals surface area contributed by atoms with E-state index in [9.17, 15) is 4.79 Å². The fraction of sp³-hybridized carbons (Fsp3) is 0.375. The molecule has 1 aliphatic rings. The van der Waals surface area contributed by atoms with Gasteiger partial charge < -0.3 is 10.2 Å². The Morgan fingerprint density at radius 2 is 2.00 bits per heavy atom. The van der Waals surface area contributed by atoms with Gasteiger partial charge in [0.1, 0.15) is 0 Å². The number of carbonyl (C=O) groups is 1. The Labute approximate surface area is 142 Å². The molecule has 3 rings (SSSR count). The highest BCUT2D eigenvalue weighted by Gasteiger charge is 2.25. The van der Waals surface area contributed by atoms with E-state index in [1.54, 1.807) is 18.4 Å². The van der Waals surface area contributed by atoms with Crippen LogP contribution in [0.2, 0.25) is 0 Å². The van der Waals surface area contributed by atoms with E-state index < -0.39 is 0 Å². The highest BCUT2D eigenvalue weighted by molar-refractivity contribution is 9.10. The van der Waals surface area contributed by atoms with Crippen molar-refractivity contribution in [3.63, 3.8) is 0 Å². The zero-order chi connectivity index (χ0) is 15.5. The molecular formula is C16H18BrN3OS. The first-order valence-electron chi connectivity index (χ1n) is 7.35. The maximum atomic E-state index is 11.7. The van der Waals surface area contributed by atoms with Gasteiger partial charge in [-0.25, -0.2) is 4.98 Å². The molecule has 4 nitrogen and oxygen atoms in total. The minimum absolute atomic E-state index is 0.146. The number of anilines is 1. The topological polar surface area (TPSA) is 45.2 Å². The van der Waals surface area contributed by atoms with Crippen LogP contribution in [-0.4, -0.2) is 31.0 Å². The van der Waals surface area contributed by atoms with Gasteiger partial charge in [-0.3, -0.25) is 4.79 Å². The molecule has 1 saturated heterocycles. The number of hydrogen-bond donors (Lipinski definition) is 1. The Morgan fingerprint density at radius 1 is 1.32 bits per heavy atom. The van der Waals surface area contributed by atoms with Gasteiger partial charge in [0.25, 0.3) is 0 Å². The van der Waals surface area contributed by atoms with Crippen LogP contribution in [0.5, 0.6) is 0 Å². The summed E-state index contributed by atoms with van der Waals surface area (Å²) in [7, 11) is 1.71. The molecule has 2 aromatic rings. The number of nitrogens with one attached hydrogen (secondary N) is 1. The van der Waals surface area contributed by atoms with Gasteiger partial charge in [-0.15, -0.1) is 11.3 Å². The minimum Gasteiger partial charge on any atom is -0.359 e. The van der Waals surface area contributed by atoms with Gasteiger partial charge in [0.2, 0.25) is 5.91 Å². The van der Waals surface area contributed by atoms with E-state index in [-0.39, 0.29) is 11.8 Å². The molecule has 1 aromatic heterocycles. The SMILES string of the molecule is CNC(=O)C1CCN(c2nc(-c3ccc(Br)cc3)cs2)CC1. The van der Waals surface area contributed by atoms with Crippen molar-refractivity contribution < 1.29 is 4.79 Å². The first-order valence-corrected chi connectivity index (χ1v) is 9.02. The van der Waals surface area contributed by atoms with E-state index in [4.69, 9.17) is 4.98 Å². The molecule has 0 aliphatic carbocycles. The highest BCUT2D eigenvalue weighted by atomic mass is 79.9. The Bertz CT molecular complexity index is 648. The van der Waals surface area contributed by atoms with Crippen molar-refractivity contribution in [2.75, 3.05) is 25.0 Å². The third-order valence-corrected chi connectivity index (χ3v) is 5.44. The molecule has 0 bridgehead atoms. The number of rotatable bonds is 3. The molecule has 1 fully saturated rings. The minimum atomic E-state index is 0.146. The van der Waals surface area contributed by atoms with Gasteiger partial charge in [-0.1, -0.05) is 28.1 Å². The molecule has 2 heterocycles. The Balaban J connectivity index is 1.67. The molecule has 0 radical (unpaired) electrons. The van der Waals surface area contributed by atoms with Crippen LogP contribution in [0.25, 0.3) is 11.3 Å². The van der Waals surface area contributed by atoms with Crippen LogP contribution in [0.1, 0.15) is 12.8 Å². The average Bonchev–Trinajstić information content (AvgIpc) is 3.05. The average molecular weight is 380 g/mol. The van der Waals surface area contributed by atoms with Crippen molar-refractivity contribution >= 4 is 38.3 Å². The quantitative estimate of drug-likeness (QED) is 0.886.